The number of nitrogens with zero attached hydrogens (tertiary/aromatic N) is 1. The van der Waals surface area contributed by atoms with Gasteiger partial charge in [-0.2, -0.15) is 4.91 Å². The Labute approximate surface area is 92.7 Å². The van der Waals surface area contributed by atoms with Crippen LogP contribution in [0.25, 0.3) is 11.1 Å². The van der Waals surface area contributed by atoms with Crippen LogP contribution in [0.5, 0.6) is 0 Å². The molecule has 80 valence electrons. The van der Waals surface area contributed by atoms with Crippen LogP contribution in [0.1, 0.15) is 5.56 Å². The zero-order valence-electron chi connectivity index (χ0n) is 8.56. The molecule has 2 nitrogen and oxygen atoms in total. The molecule has 2 aromatic carbocycles. The quantitative estimate of drug-likeness (QED) is 0.717. The number of hydrogen-bond acceptors (Lipinski definition) is 2. The van der Waals surface area contributed by atoms with E-state index in [1.165, 1.54) is 6.07 Å². The maximum atomic E-state index is 13.5. The van der Waals surface area contributed by atoms with Gasteiger partial charge in [-0.15, -0.1) is 0 Å². The average molecular weight is 215 g/mol. The number of halogens is 1. The van der Waals surface area contributed by atoms with Gasteiger partial charge in [0.2, 0.25) is 0 Å². The fourth-order valence-corrected chi connectivity index (χ4v) is 1.56. The van der Waals surface area contributed by atoms with Crippen LogP contribution in [-0.2, 0) is 6.54 Å². The van der Waals surface area contributed by atoms with Crippen molar-refractivity contribution in [1.82, 2.24) is 0 Å². The lowest BCUT2D eigenvalue weighted by Gasteiger charge is -2.03. The summed E-state index contributed by atoms with van der Waals surface area (Å²) in [6.45, 7) is -0.124. The van der Waals surface area contributed by atoms with E-state index in [1.54, 1.807) is 12.1 Å². The van der Waals surface area contributed by atoms with E-state index in [-0.39, 0.29) is 12.4 Å². The van der Waals surface area contributed by atoms with E-state index in [0.717, 1.165) is 11.1 Å². The van der Waals surface area contributed by atoms with Crippen molar-refractivity contribution in [3.05, 3.63) is 64.8 Å². The molecule has 0 aromatic heterocycles. The molecule has 0 heterocycles. The van der Waals surface area contributed by atoms with E-state index < -0.39 is 0 Å². The highest BCUT2D eigenvalue weighted by molar-refractivity contribution is 5.63. The Balaban J connectivity index is 2.38. The Bertz CT molecular complexity index is 497. The molecule has 0 fully saturated rings. The third-order valence-corrected chi connectivity index (χ3v) is 2.40. The SMILES string of the molecule is O=NCc1ccc(-c2ccccc2)cc1F. The monoisotopic (exact) mass is 215 g/mol. The van der Waals surface area contributed by atoms with Crippen LogP contribution in [0, 0.1) is 10.7 Å². The second-order valence-corrected chi connectivity index (χ2v) is 3.46. The highest BCUT2D eigenvalue weighted by atomic mass is 19.1. The van der Waals surface area contributed by atoms with E-state index in [1.807, 2.05) is 30.3 Å². The first-order valence-corrected chi connectivity index (χ1v) is 4.94. The van der Waals surface area contributed by atoms with Crippen molar-refractivity contribution in [3.8, 4) is 11.1 Å². The molecule has 0 radical (unpaired) electrons. The van der Waals surface area contributed by atoms with Gasteiger partial charge >= 0.3 is 0 Å². The van der Waals surface area contributed by atoms with E-state index in [4.69, 9.17) is 0 Å². The Morgan fingerprint density at radius 2 is 1.75 bits per heavy atom. The zero-order chi connectivity index (χ0) is 11.4. The van der Waals surface area contributed by atoms with Gasteiger partial charge in [-0.25, -0.2) is 4.39 Å². The van der Waals surface area contributed by atoms with Crippen molar-refractivity contribution in [3.63, 3.8) is 0 Å². The van der Waals surface area contributed by atoms with Crippen LogP contribution >= 0.6 is 0 Å². The molecule has 0 spiro atoms. The third kappa shape index (κ3) is 2.14. The topological polar surface area (TPSA) is 29.4 Å². The first-order chi connectivity index (χ1) is 7.81. The van der Waals surface area contributed by atoms with Crippen LogP contribution in [0.2, 0.25) is 0 Å². The summed E-state index contributed by atoms with van der Waals surface area (Å²) in [5.41, 5.74) is 2.08. The lowest BCUT2D eigenvalue weighted by atomic mass is 10.0. The van der Waals surface area contributed by atoms with Crippen molar-refractivity contribution in [2.45, 2.75) is 6.54 Å². The van der Waals surface area contributed by atoms with Crippen LogP contribution in [0.15, 0.2) is 53.7 Å². The summed E-state index contributed by atoms with van der Waals surface area (Å²) in [5, 5.41) is 2.68. The van der Waals surface area contributed by atoms with E-state index >= 15 is 0 Å². The Hall–Kier alpha value is -2.03. The normalized spacial score (nSPS) is 10.1. The maximum Gasteiger partial charge on any atom is 0.129 e. The van der Waals surface area contributed by atoms with Gasteiger partial charge in [0.15, 0.2) is 0 Å². The van der Waals surface area contributed by atoms with E-state index in [0.29, 0.717) is 5.56 Å². The van der Waals surface area contributed by atoms with E-state index in [9.17, 15) is 9.30 Å². The predicted molar refractivity (Wildman–Crippen MR) is 61.3 cm³/mol. The van der Waals surface area contributed by atoms with Gasteiger partial charge in [-0.05, 0) is 17.2 Å². The predicted octanol–water partition coefficient (Wildman–Crippen LogP) is 3.76. The maximum absolute atomic E-state index is 13.5. The summed E-state index contributed by atoms with van der Waals surface area (Å²) < 4.78 is 13.5. The average Bonchev–Trinajstić information content (AvgIpc) is 2.33. The molecule has 0 unspecified atom stereocenters. The van der Waals surface area contributed by atoms with Crippen molar-refractivity contribution in [2.75, 3.05) is 0 Å². The molecule has 0 saturated carbocycles. The van der Waals surface area contributed by atoms with Gasteiger partial charge in [0.05, 0.1) is 0 Å². The largest absolute Gasteiger partial charge is 0.207 e. The fraction of sp³-hybridized carbons (Fsp3) is 0.0769. The van der Waals surface area contributed by atoms with Crippen molar-refractivity contribution < 1.29 is 4.39 Å². The highest BCUT2D eigenvalue weighted by Gasteiger charge is 2.04. The number of rotatable bonds is 3. The summed E-state index contributed by atoms with van der Waals surface area (Å²) in [5.74, 6) is -0.388. The van der Waals surface area contributed by atoms with Crippen LogP contribution < -0.4 is 0 Å². The third-order valence-electron chi connectivity index (χ3n) is 2.40. The molecule has 3 heteroatoms. The molecular formula is C13H10FNO. The zero-order valence-corrected chi connectivity index (χ0v) is 8.56. The minimum atomic E-state index is -0.388. The van der Waals surface area contributed by atoms with Crippen LogP contribution in [-0.4, -0.2) is 0 Å². The molecule has 0 atom stereocenters. The van der Waals surface area contributed by atoms with Crippen LogP contribution in [0.4, 0.5) is 4.39 Å². The van der Waals surface area contributed by atoms with Gasteiger partial charge in [0.25, 0.3) is 0 Å². The molecular weight excluding hydrogens is 205 g/mol. The number of hydrogen-bond donors (Lipinski definition) is 0. The molecule has 0 aliphatic heterocycles. The first-order valence-electron chi connectivity index (χ1n) is 4.94. The lowest BCUT2D eigenvalue weighted by Crippen LogP contribution is -1.88. The molecule has 2 aromatic rings. The van der Waals surface area contributed by atoms with Gasteiger partial charge in [0, 0.05) is 5.56 Å². The standard InChI is InChI=1S/C13H10FNO/c14-13-8-11(6-7-12(13)9-15-16)10-4-2-1-3-5-10/h1-8H,9H2. The second-order valence-electron chi connectivity index (χ2n) is 3.46. The van der Waals surface area contributed by atoms with Crippen molar-refractivity contribution in [2.24, 2.45) is 5.18 Å². The van der Waals surface area contributed by atoms with Crippen LogP contribution in [0.3, 0.4) is 0 Å². The summed E-state index contributed by atoms with van der Waals surface area (Å²) in [6.07, 6.45) is 0. The molecule has 0 saturated heterocycles. The van der Waals surface area contributed by atoms with E-state index in [2.05, 4.69) is 5.18 Å². The minimum absolute atomic E-state index is 0.124. The molecule has 0 aliphatic carbocycles. The van der Waals surface area contributed by atoms with Gasteiger partial charge in [0.1, 0.15) is 12.4 Å². The summed E-state index contributed by atoms with van der Waals surface area (Å²) in [6, 6.07) is 14.3. The number of nitroso groups, excluding NO2 is 1. The molecule has 0 bridgehead atoms. The Morgan fingerprint density at radius 1 is 1.00 bits per heavy atom. The van der Waals surface area contributed by atoms with Crippen molar-refractivity contribution in [1.29, 1.82) is 0 Å². The smallest absolute Gasteiger partial charge is 0.129 e. The Morgan fingerprint density at radius 3 is 2.38 bits per heavy atom. The fourth-order valence-electron chi connectivity index (χ4n) is 1.56. The summed E-state index contributed by atoms with van der Waals surface area (Å²) in [7, 11) is 0. The summed E-state index contributed by atoms with van der Waals surface area (Å²) >= 11 is 0. The van der Waals surface area contributed by atoms with Crippen molar-refractivity contribution >= 4 is 0 Å². The molecule has 16 heavy (non-hydrogen) atoms. The molecule has 2 rings (SSSR count). The molecule has 0 amide bonds. The van der Waals surface area contributed by atoms with Gasteiger partial charge in [-0.3, -0.25) is 0 Å². The first kappa shape index (κ1) is 10.5. The lowest BCUT2D eigenvalue weighted by molar-refractivity contribution is 0.611. The number of benzene rings is 2. The molecule has 0 aliphatic rings. The second kappa shape index (κ2) is 4.66. The van der Waals surface area contributed by atoms with Gasteiger partial charge < -0.3 is 0 Å². The Kier molecular flexibility index (Phi) is 3.05. The summed E-state index contributed by atoms with van der Waals surface area (Å²) in [4.78, 5) is 10.1. The highest BCUT2D eigenvalue weighted by Crippen LogP contribution is 2.21. The minimum Gasteiger partial charge on any atom is -0.207 e. The molecule has 0 N–H and O–H groups in total. The van der Waals surface area contributed by atoms with Gasteiger partial charge in [-0.1, -0.05) is 47.6 Å².